The van der Waals surface area contributed by atoms with Gasteiger partial charge in [-0.1, -0.05) is 31.9 Å². The van der Waals surface area contributed by atoms with E-state index >= 15 is 0 Å². The number of hydrogen-bond donors (Lipinski definition) is 0. The van der Waals surface area contributed by atoms with E-state index in [1.54, 1.807) is 6.33 Å². The van der Waals surface area contributed by atoms with Gasteiger partial charge in [-0.05, 0) is 32.4 Å². The normalized spacial score (nSPS) is 19.5. The number of anilines is 1. The van der Waals surface area contributed by atoms with Crippen LogP contribution >= 0.6 is 11.6 Å². The monoisotopic (exact) mass is 296 g/mol. The third kappa shape index (κ3) is 3.41. The van der Waals surface area contributed by atoms with E-state index in [1.807, 2.05) is 0 Å². The van der Waals surface area contributed by atoms with Crippen LogP contribution in [0.4, 0.5) is 5.82 Å². The molecule has 0 amide bonds. The summed E-state index contributed by atoms with van der Waals surface area (Å²) in [5, 5.41) is 0.600. The molecule has 2 rings (SSSR count). The summed E-state index contributed by atoms with van der Waals surface area (Å²) in [4.78, 5) is 13.4. The molecule has 4 nitrogen and oxygen atoms in total. The lowest BCUT2D eigenvalue weighted by Gasteiger charge is -2.29. The van der Waals surface area contributed by atoms with Crippen LogP contribution < -0.4 is 4.90 Å². The minimum atomic E-state index is 0.600. The lowest BCUT2D eigenvalue weighted by Crippen LogP contribution is -2.39. The van der Waals surface area contributed by atoms with Crippen LogP contribution in [0.25, 0.3) is 0 Å². The van der Waals surface area contributed by atoms with E-state index in [0.29, 0.717) is 11.2 Å². The van der Waals surface area contributed by atoms with Gasteiger partial charge in [-0.3, -0.25) is 4.90 Å². The highest BCUT2D eigenvalue weighted by Crippen LogP contribution is 2.26. The van der Waals surface area contributed by atoms with Crippen molar-refractivity contribution in [2.24, 2.45) is 0 Å². The standard InChI is InChI=1S/C15H25ClN4/c1-4-7-13-14(16)17-11-18-15(13)19(3)10-12-8-6-9-20(12)5-2/h11-12H,4-10H2,1-3H3. The minimum absolute atomic E-state index is 0.600. The van der Waals surface area contributed by atoms with Gasteiger partial charge in [0, 0.05) is 25.2 Å². The number of likely N-dealkylation sites (N-methyl/N-ethyl adjacent to an activating group) is 2. The maximum atomic E-state index is 6.24. The summed E-state index contributed by atoms with van der Waals surface area (Å²) in [6.07, 6.45) is 6.14. The summed E-state index contributed by atoms with van der Waals surface area (Å²) >= 11 is 6.24. The molecule has 0 spiro atoms. The van der Waals surface area contributed by atoms with Gasteiger partial charge in [0.2, 0.25) is 0 Å². The maximum Gasteiger partial charge on any atom is 0.137 e. The summed E-state index contributed by atoms with van der Waals surface area (Å²) in [6, 6.07) is 0.633. The molecule has 1 aliphatic rings. The molecular formula is C15H25ClN4. The smallest absolute Gasteiger partial charge is 0.137 e. The molecule has 0 saturated carbocycles. The van der Waals surface area contributed by atoms with E-state index in [9.17, 15) is 0 Å². The Balaban J connectivity index is 2.12. The Bertz CT molecular complexity index is 438. The van der Waals surface area contributed by atoms with Crippen LogP contribution in [-0.4, -0.2) is 47.6 Å². The van der Waals surface area contributed by atoms with Gasteiger partial charge in [0.05, 0.1) is 0 Å². The average molecular weight is 297 g/mol. The van der Waals surface area contributed by atoms with Crippen molar-refractivity contribution in [2.45, 2.75) is 45.6 Å². The number of hydrogen-bond acceptors (Lipinski definition) is 4. The number of nitrogens with zero attached hydrogens (tertiary/aromatic N) is 4. The SMILES string of the molecule is CCCc1c(Cl)ncnc1N(C)CC1CCCN1CC. The van der Waals surface area contributed by atoms with Crippen molar-refractivity contribution in [1.29, 1.82) is 0 Å². The second kappa shape index (κ2) is 7.23. The van der Waals surface area contributed by atoms with Crippen molar-refractivity contribution in [3.63, 3.8) is 0 Å². The summed E-state index contributed by atoms with van der Waals surface area (Å²) in [6.45, 7) is 7.76. The van der Waals surface area contributed by atoms with Crippen molar-refractivity contribution in [3.8, 4) is 0 Å². The first-order valence-electron chi connectivity index (χ1n) is 7.61. The van der Waals surface area contributed by atoms with Gasteiger partial charge in [-0.15, -0.1) is 0 Å². The Morgan fingerprint density at radius 2 is 2.20 bits per heavy atom. The molecular weight excluding hydrogens is 272 g/mol. The van der Waals surface area contributed by atoms with Crippen LogP contribution in [0.15, 0.2) is 6.33 Å². The molecule has 0 N–H and O–H groups in total. The summed E-state index contributed by atoms with van der Waals surface area (Å²) < 4.78 is 0. The van der Waals surface area contributed by atoms with Gasteiger partial charge >= 0.3 is 0 Å². The van der Waals surface area contributed by atoms with Crippen molar-refractivity contribution < 1.29 is 0 Å². The van der Waals surface area contributed by atoms with Gasteiger partial charge in [0.25, 0.3) is 0 Å². The topological polar surface area (TPSA) is 32.3 Å². The predicted molar refractivity (Wildman–Crippen MR) is 84.6 cm³/mol. The zero-order valence-electron chi connectivity index (χ0n) is 12.8. The molecule has 0 aliphatic carbocycles. The average Bonchev–Trinajstić information content (AvgIpc) is 2.88. The van der Waals surface area contributed by atoms with E-state index in [-0.39, 0.29) is 0 Å². The van der Waals surface area contributed by atoms with Gasteiger partial charge in [-0.25, -0.2) is 9.97 Å². The van der Waals surface area contributed by atoms with Crippen molar-refractivity contribution >= 4 is 17.4 Å². The Hall–Kier alpha value is -0.870. The first-order valence-corrected chi connectivity index (χ1v) is 7.99. The molecule has 2 heterocycles. The van der Waals surface area contributed by atoms with Crippen molar-refractivity contribution in [2.75, 3.05) is 31.6 Å². The van der Waals surface area contributed by atoms with Gasteiger partial charge in [0.1, 0.15) is 17.3 Å². The lowest BCUT2D eigenvalue weighted by molar-refractivity contribution is 0.270. The van der Waals surface area contributed by atoms with Gasteiger partial charge < -0.3 is 4.90 Å². The van der Waals surface area contributed by atoms with Crippen LogP contribution in [0, 0.1) is 0 Å². The number of likely N-dealkylation sites (tertiary alicyclic amines) is 1. The largest absolute Gasteiger partial charge is 0.358 e. The molecule has 0 bridgehead atoms. The zero-order chi connectivity index (χ0) is 14.5. The van der Waals surface area contributed by atoms with Gasteiger partial charge in [0.15, 0.2) is 0 Å². The van der Waals surface area contributed by atoms with Crippen molar-refractivity contribution in [3.05, 3.63) is 17.0 Å². The highest BCUT2D eigenvalue weighted by Gasteiger charge is 2.25. The van der Waals surface area contributed by atoms with E-state index in [0.717, 1.165) is 37.3 Å². The Morgan fingerprint density at radius 1 is 1.40 bits per heavy atom. The fraction of sp³-hybridized carbons (Fsp3) is 0.733. The van der Waals surface area contributed by atoms with Crippen LogP contribution in [-0.2, 0) is 6.42 Å². The second-order valence-electron chi connectivity index (χ2n) is 5.52. The van der Waals surface area contributed by atoms with Crippen LogP contribution in [0.3, 0.4) is 0 Å². The van der Waals surface area contributed by atoms with E-state index in [1.165, 1.54) is 19.4 Å². The third-order valence-electron chi connectivity index (χ3n) is 4.12. The Morgan fingerprint density at radius 3 is 2.90 bits per heavy atom. The number of aromatic nitrogens is 2. The number of rotatable bonds is 6. The molecule has 1 aliphatic heterocycles. The van der Waals surface area contributed by atoms with Gasteiger partial charge in [-0.2, -0.15) is 0 Å². The first kappa shape index (κ1) is 15.5. The van der Waals surface area contributed by atoms with E-state index in [2.05, 4.69) is 40.7 Å². The zero-order valence-corrected chi connectivity index (χ0v) is 13.5. The lowest BCUT2D eigenvalue weighted by atomic mass is 10.1. The summed E-state index contributed by atoms with van der Waals surface area (Å²) in [7, 11) is 2.12. The second-order valence-corrected chi connectivity index (χ2v) is 5.88. The predicted octanol–water partition coefficient (Wildman–Crippen LogP) is 3.00. The molecule has 112 valence electrons. The fourth-order valence-corrected chi connectivity index (χ4v) is 3.32. The molecule has 1 aromatic heterocycles. The van der Waals surface area contributed by atoms with Crippen LogP contribution in [0.5, 0.6) is 0 Å². The Kier molecular flexibility index (Phi) is 5.61. The molecule has 20 heavy (non-hydrogen) atoms. The highest BCUT2D eigenvalue weighted by molar-refractivity contribution is 6.30. The van der Waals surface area contributed by atoms with E-state index in [4.69, 9.17) is 11.6 Å². The molecule has 1 fully saturated rings. The third-order valence-corrected chi connectivity index (χ3v) is 4.45. The quantitative estimate of drug-likeness (QED) is 0.756. The van der Waals surface area contributed by atoms with Crippen LogP contribution in [0.1, 0.15) is 38.7 Å². The molecule has 1 atom stereocenters. The maximum absolute atomic E-state index is 6.24. The first-order chi connectivity index (χ1) is 9.67. The summed E-state index contributed by atoms with van der Waals surface area (Å²) in [5.74, 6) is 0.995. The molecule has 0 aromatic carbocycles. The van der Waals surface area contributed by atoms with Crippen molar-refractivity contribution in [1.82, 2.24) is 14.9 Å². The minimum Gasteiger partial charge on any atom is -0.358 e. The molecule has 0 radical (unpaired) electrons. The Labute approximate surface area is 127 Å². The van der Waals surface area contributed by atoms with E-state index < -0.39 is 0 Å². The molecule has 1 unspecified atom stereocenters. The highest BCUT2D eigenvalue weighted by atomic mass is 35.5. The fourth-order valence-electron chi connectivity index (χ4n) is 3.10. The molecule has 5 heteroatoms. The molecule has 1 aromatic rings. The summed E-state index contributed by atoms with van der Waals surface area (Å²) in [5.41, 5.74) is 1.08. The molecule has 1 saturated heterocycles. The number of halogens is 1. The van der Waals surface area contributed by atoms with Crippen LogP contribution in [0.2, 0.25) is 5.15 Å².